The van der Waals surface area contributed by atoms with Gasteiger partial charge in [-0.3, -0.25) is 14.5 Å². The highest BCUT2D eigenvalue weighted by Crippen LogP contribution is 2.35. The number of hydrogen-bond donors (Lipinski definition) is 2. The van der Waals surface area contributed by atoms with Crippen molar-refractivity contribution in [3.63, 3.8) is 0 Å². The summed E-state index contributed by atoms with van der Waals surface area (Å²) in [7, 11) is 0. The lowest BCUT2D eigenvalue weighted by Gasteiger charge is -2.41. The van der Waals surface area contributed by atoms with Crippen molar-refractivity contribution in [1.29, 1.82) is 0 Å². The molecule has 1 heterocycles. The molecule has 1 aliphatic heterocycles. The first kappa shape index (κ1) is 17.0. The van der Waals surface area contributed by atoms with E-state index in [1.54, 1.807) is 12.1 Å². The quantitative estimate of drug-likeness (QED) is 0.892. The monoisotopic (exact) mass is 329 g/mol. The standard InChI is InChI=1S/C19H27N3O2/c1-14(23)20-17-6-8-18(9-7-17)21-19(24)13-22-11-10-15-4-2-3-5-16(15)12-22/h6-9,15-16H,2-5,10-13H2,1H3,(H,20,23)(H,21,24)/t15-,16+/m1/s1. The van der Waals surface area contributed by atoms with Gasteiger partial charge in [0.05, 0.1) is 6.54 Å². The molecule has 5 nitrogen and oxygen atoms in total. The van der Waals surface area contributed by atoms with Crippen LogP contribution in [0, 0.1) is 11.8 Å². The van der Waals surface area contributed by atoms with Crippen molar-refractivity contribution in [1.82, 2.24) is 4.90 Å². The van der Waals surface area contributed by atoms with E-state index in [4.69, 9.17) is 0 Å². The molecule has 2 N–H and O–H groups in total. The number of likely N-dealkylation sites (tertiary alicyclic amines) is 1. The second-order valence-electron chi connectivity index (χ2n) is 7.14. The Morgan fingerprint density at radius 2 is 1.62 bits per heavy atom. The Morgan fingerprint density at radius 1 is 1.00 bits per heavy atom. The third-order valence-corrected chi connectivity index (χ3v) is 5.23. The van der Waals surface area contributed by atoms with Gasteiger partial charge in [0.25, 0.3) is 0 Å². The number of nitrogens with zero attached hydrogens (tertiary/aromatic N) is 1. The molecule has 130 valence electrons. The fourth-order valence-corrected chi connectivity index (χ4v) is 4.06. The second kappa shape index (κ2) is 7.79. The van der Waals surface area contributed by atoms with Gasteiger partial charge < -0.3 is 10.6 Å². The molecule has 24 heavy (non-hydrogen) atoms. The summed E-state index contributed by atoms with van der Waals surface area (Å²) >= 11 is 0. The van der Waals surface area contributed by atoms with E-state index in [1.807, 2.05) is 12.1 Å². The Bertz CT molecular complexity index is 585. The third-order valence-electron chi connectivity index (χ3n) is 5.23. The Hall–Kier alpha value is -1.88. The predicted molar refractivity (Wildman–Crippen MR) is 95.9 cm³/mol. The molecule has 0 spiro atoms. The summed E-state index contributed by atoms with van der Waals surface area (Å²) in [5.41, 5.74) is 1.50. The summed E-state index contributed by atoms with van der Waals surface area (Å²) in [5, 5.41) is 5.67. The molecule has 1 aliphatic carbocycles. The van der Waals surface area contributed by atoms with Gasteiger partial charge in [0.15, 0.2) is 0 Å². The van der Waals surface area contributed by atoms with Gasteiger partial charge in [0.2, 0.25) is 11.8 Å². The van der Waals surface area contributed by atoms with Crippen molar-refractivity contribution >= 4 is 23.2 Å². The topological polar surface area (TPSA) is 61.4 Å². The Morgan fingerprint density at radius 3 is 2.29 bits per heavy atom. The molecule has 1 saturated carbocycles. The van der Waals surface area contributed by atoms with Crippen LogP contribution in [0.4, 0.5) is 11.4 Å². The van der Waals surface area contributed by atoms with Crippen LogP contribution in [0.25, 0.3) is 0 Å². The zero-order valence-corrected chi connectivity index (χ0v) is 14.4. The van der Waals surface area contributed by atoms with Crippen molar-refractivity contribution < 1.29 is 9.59 Å². The van der Waals surface area contributed by atoms with Crippen molar-refractivity contribution in [2.45, 2.75) is 39.0 Å². The normalized spacial score (nSPS) is 24.0. The van der Waals surface area contributed by atoms with Crippen LogP contribution < -0.4 is 10.6 Å². The third kappa shape index (κ3) is 4.57. The van der Waals surface area contributed by atoms with Crippen LogP contribution in [-0.2, 0) is 9.59 Å². The number of amides is 2. The average molecular weight is 329 g/mol. The molecule has 2 atom stereocenters. The lowest BCUT2D eigenvalue weighted by atomic mass is 9.75. The lowest BCUT2D eigenvalue weighted by molar-refractivity contribution is -0.118. The van der Waals surface area contributed by atoms with Gasteiger partial charge in [-0.05, 0) is 55.5 Å². The van der Waals surface area contributed by atoms with Gasteiger partial charge >= 0.3 is 0 Å². The highest BCUT2D eigenvalue weighted by molar-refractivity contribution is 5.93. The summed E-state index contributed by atoms with van der Waals surface area (Å²) in [4.78, 5) is 25.6. The van der Waals surface area contributed by atoms with Crippen molar-refractivity contribution in [2.75, 3.05) is 30.3 Å². The first-order valence-corrected chi connectivity index (χ1v) is 9.00. The summed E-state index contributed by atoms with van der Waals surface area (Å²) < 4.78 is 0. The summed E-state index contributed by atoms with van der Waals surface area (Å²) in [5.74, 6) is 1.62. The fourth-order valence-electron chi connectivity index (χ4n) is 4.06. The molecule has 2 fully saturated rings. The van der Waals surface area contributed by atoms with Crippen molar-refractivity contribution in [3.05, 3.63) is 24.3 Å². The molecule has 0 radical (unpaired) electrons. The lowest BCUT2D eigenvalue weighted by Crippen LogP contribution is -2.44. The van der Waals surface area contributed by atoms with E-state index < -0.39 is 0 Å². The number of carbonyl (C=O) groups excluding carboxylic acids is 2. The maximum atomic E-state index is 12.3. The number of carbonyl (C=O) groups is 2. The van der Waals surface area contributed by atoms with Gasteiger partial charge in [0.1, 0.15) is 0 Å². The van der Waals surface area contributed by atoms with E-state index in [-0.39, 0.29) is 11.8 Å². The van der Waals surface area contributed by atoms with Crippen molar-refractivity contribution in [2.24, 2.45) is 11.8 Å². The van der Waals surface area contributed by atoms with E-state index in [9.17, 15) is 9.59 Å². The van der Waals surface area contributed by atoms with Crippen LogP contribution >= 0.6 is 0 Å². The molecule has 0 aromatic heterocycles. The van der Waals surface area contributed by atoms with Crippen LogP contribution in [0.15, 0.2) is 24.3 Å². The van der Waals surface area contributed by atoms with Crippen LogP contribution in [-0.4, -0.2) is 36.3 Å². The minimum Gasteiger partial charge on any atom is -0.326 e. The zero-order valence-electron chi connectivity index (χ0n) is 14.4. The SMILES string of the molecule is CC(=O)Nc1ccc(NC(=O)CN2CC[C@H]3CCCC[C@H]3C2)cc1. The molecule has 5 heteroatoms. The van der Waals surface area contributed by atoms with E-state index in [1.165, 1.54) is 39.0 Å². The maximum Gasteiger partial charge on any atom is 0.238 e. The summed E-state index contributed by atoms with van der Waals surface area (Å²) in [6.45, 7) is 4.05. The molecule has 1 saturated heterocycles. The summed E-state index contributed by atoms with van der Waals surface area (Å²) in [6, 6.07) is 7.22. The highest BCUT2D eigenvalue weighted by Gasteiger charge is 2.31. The number of nitrogens with one attached hydrogen (secondary N) is 2. The Labute approximate surface area is 143 Å². The van der Waals surface area contributed by atoms with Gasteiger partial charge in [-0.2, -0.15) is 0 Å². The van der Waals surface area contributed by atoms with E-state index in [0.29, 0.717) is 6.54 Å². The van der Waals surface area contributed by atoms with Crippen LogP contribution in [0.3, 0.4) is 0 Å². The first-order chi connectivity index (χ1) is 11.6. The minimum atomic E-state index is -0.0992. The van der Waals surface area contributed by atoms with Crippen molar-refractivity contribution in [3.8, 4) is 0 Å². The molecule has 1 aromatic rings. The van der Waals surface area contributed by atoms with Gasteiger partial charge in [-0.1, -0.05) is 19.3 Å². The fraction of sp³-hybridized carbons (Fsp3) is 0.579. The molecule has 2 aliphatic rings. The van der Waals surface area contributed by atoms with Crippen LogP contribution in [0.2, 0.25) is 0 Å². The van der Waals surface area contributed by atoms with Crippen LogP contribution in [0.5, 0.6) is 0 Å². The summed E-state index contributed by atoms with van der Waals surface area (Å²) in [6.07, 6.45) is 6.68. The van der Waals surface area contributed by atoms with E-state index >= 15 is 0 Å². The number of benzene rings is 1. The second-order valence-corrected chi connectivity index (χ2v) is 7.14. The maximum absolute atomic E-state index is 12.3. The van der Waals surface area contributed by atoms with E-state index in [0.717, 1.165) is 36.3 Å². The number of hydrogen-bond acceptors (Lipinski definition) is 3. The number of anilines is 2. The van der Waals surface area contributed by atoms with Gasteiger partial charge in [0, 0.05) is 24.8 Å². The molecular weight excluding hydrogens is 302 g/mol. The largest absolute Gasteiger partial charge is 0.326 e. The van der Waals surface area contributed by atoms with Gasteiger partial charge in [-0.25, -0.2) is 0 Å². The minimum absolute atomic E-state index is 0.0385. The predicted octanol–water partition coefficient (Wildman–Crippen LogP) is 3.10. The molecule has 2 amide bonds. The highest BCUT2D eigenvalue weighted by atomic mass is 16.2. The van der Waals surface area contributed by atoms with Gasteiger partial charge in [-0.15, -0.1) is 0 Å². The smallest absolute Gasteiger partial charge is 0.238 e. The Kier molecular flexibility index (Phi) is 5.51. The zero-order chi connectivity index (χ0) is 16.9. The Balaban J connectivity index is 1.47. The molecule has 0 unspecified atom stereocenters. The number of piperidine rings is 1. The molecule has 0 bridgehead atoms. The molecule has 3 rings (SSSR count). The molecular formula is C19H27N3O2. The number of rotatable bonds is 4. The number of fused-ring (bicyclic) bond motifs is 1. The van der Waals surface area contributed by atoms with E-state index in [2.05, 4.69) is 15.5 Å². The van der Waals surface area contributed by atoms with Crippen LogP contribution in [0.1, 0.15) is 39.0 Å². The molecule has 1 aromatic carbocycles. The average Bonchev–Trinajstić information content (AvgIpc) is 2.56. The first-order valence-electron chi connectivity index (χ1n) is 9.00.